The first-order valence-electron chi connectivity index (χ1n) is 8.40. The normalized spacial score (nSPS) is 31.0. The van der Waals surface area contributed by atoms with Crippen LogP contribution in [-0.4, -0.2) is 59.9 Å². The smallest absolute Gasteiger partial charge is 0.333 e. The number of carbonyl (C=O) groups is 2. The lowest BCUT2D eigenvalue weighted by Gasteiger charge is -2.36. The minimum atomic E-state index is -0.422. The lowest BCUT2D eigenvalue weighted by atomic mass is 10.00. The number of likely N-dealkylation sites (N-methyl/N-ethyl adjacent to an activating group) is 1. The summed E-state index contributed by atoms with van der Waals surface area (Å²) in [5.74, 6) is -0.702. The summed E-state index contributed by atoms with van der Waals surface area (Å²) >= 11 is 0. The van der Waals surface area contributed by atoms with E-state index in [4.69, 9.17) is 14.6 Å². The molecule has 1 N–H and O–H groups in total. The number of allylic oxidation sites excluding steroid dienone is 1. The van der Waals surface area contributed by atoms with Crippen molar-refractivity contribution in [1.29, 1.82) is 0 Å². The topological polar surface area (TPSA) is 76.1 Å². The molecule has 4 atom stereocenters. The molecule has 2 bridgehead atoms. The average molecular weight is 337 g/mol. The third-order valence-corrected chi connectivity index (χ3v) is 4.98. The molecule has 0 aromatic carbocycles. The third kappa shape index (κ3) is 4.24. The second kappa shape index (κ2) is 7.94. The summed E-state index contributed by atoms with van der Waals surface area (Å²) in [6, 6.07) is 0.311. The Morgan fingerprint density at radius 3 is 2.54 bits per heavy atom. The van der Waals surface area contributed by atoms with E-state index in [1.165, 1.54) is 6.08 Å². The number of hydrogen-bond acceptors (Lipinski definition) is 6. The van der Waals surface area contributed by atoms with Gasteiger partial charge in [0.25, 0.3) is 0 Å². The fourth-order valence-corrected chi connectivity index (χ4v) is 3.39. The number of rotatable bonds is 5. The summed E-state index contributed by atoms with van der Waals surface area (Å²) in [5, 5.41) is 8.97. The predicted molar refractivity (Wildman–Crippen MR) is 89.2 cm³/mol. The molecule has 0 aromatic heterocycles. The van der Waals surface area contributed by atoms with Crippen LogP contribution in [-0.2, 0) is 19.1 Å². The van der Waals surface area contributed by atoms with Crippen LogP contribution in [0.5, 0.6) is 0 Å². The van der Waals surface area contributed by atoms with Gasteiger partial charge in [-0.05, 0) is 33.4 Å². The van der Waals surface area contributed by atoms with Gasteiger partial charge in [0.1, 0.15) is 12.2 Å². The summed E-state index contributed by atoms with van der Waals surface area (Å²) in [7, 11) is 2.03. The maximum atomic E-state index is 12.0. The van der Waals surface area contributed by atoms with Crippen LogP contribution < -0.4 is 0 Å². The fourth-order valence-electron chi connectivity index (χ4n) is 3.39. The zero-order chi connectivity index (χ0) is 17.9. The van der Waals surface area contributed by atoms with Crippen LogP contribution in [0.2, 0.25) is 0 Å². The lowest BCUT2D eigenvalue weighted by Crippen LogP contribution is -2.46. The molecule has 2 fully saturated rings. The van der Waals surface area contributed by atoms with Crippen LogP contribution in [0.1, 0.15) is 40.0 Å². The molecule has 6 nitrogen and oxygen atoms in total. The van der Waals surface area contributed by atoms with E-state index >= 15 is 0 Å². The SMILES string of the molecule is C/C=C(\C)C(=O)O[C@@H]1CC2C[C@@H](OC(=O)/C=C(\C)CO)CC1N2C. The quantitative estimate of drug-likeness (QED) is 0.606. The van der Waals surface area contributed by atoms with Crippen molar-refractivity contribution in [2.24, 2.45) is 0 Å². The molecule has 2 unspecified atom stereocenters. The Kier molecular flexibility index (Phi) is 6.18. The summed E-state index contributed by atoms with van der Waals surface area (Å²) in [5.41, 5.74) is 1.18. The van der Waals surface area contributed by atoms with E-state index in [0.717, 1.165) is 12.8 Å². The van der Waals surface area contributed by atoms with Crippen LogP contribution in [0.4, 0.5) is 0 Å². The Labute approximate surface area is 143 Å². The monoisotopic (exact) mass is 337 g/mol. The summed E-state index contributed by atoms with van der Waals surface area (Å²) < 4.78 is 11.2. The van der Waals surface area contributed by atoms with Gasteiger partial charge in [0, 0.05) is 37.0 Å². The van der Waals surface area contributed by atoms with Crippen LogP contribution in [0.3, 0.4) is 0 Å². The first kappa shape index (κ1) is 18.7. The highest BCUT2D eigenvalue weighted by molar-refractivity contribution is 5.87. The highest BCUT2D eigenvalue weighted by Crippen LogP contribution is 2.37. The molecule has 6 heteroatoms. The number of aliphatic hydroxyl groups excluding tert-OH is 1. The molecule has 134 valence electrons. The van der Waals surface area contributed by atoms with Crippen molar-refractivity contribution in [3.63, 3.8) is 0 Å². The molecule has 2 aliphatic rings. The van der Waals surface area contributed by atoms with Crippen molar-refractivity contribution >= 4 is 11.9 Å². The van der Waals surface area contributed by atoms with Gasteiger partial charge in [-0.2, -0.15) is 0 Å². The van der Waals surface area contributed by atoms with Gasteiger partial charge >= 0.3 is 11.9 Å². The van der Waals surface area contributed by atoms with Crippen molar-refractivity contribution in [1.82, 2.24) is 4.90 Å². The molecular weight excluding hydrogens is 310 g/mol. The highest BCUT2D eigenvalue weighted by atomic mass is 16.6. The summed E-state index contributed by atoms with van der Waals surface area (Å²) in [6.45, 7) is 5.08. The maximum absolute atomic E-state index is 12.0. The van der Waals surface area contributed by atoms with Crippen LogP contribution >= 0.6 is 0 Å². The number of piperidine rings is 1. The van der Waals surface area contributed by atoms with Crippen LogP contribution in [0, 0.1) is 0 Å². The van der Waals surface area contributed by atoms with E-state index in [0.29, 0.717) is 17.6 Å². The Hall–Kier alpha value is -1.66. The molecule has 0 spiro atoms. The molecule has 0 amide bonds. The van der Waals surface area contributed by atoms with Gasteiger partial charge in [-0.3, -0.25) is 4.90 Å². The second-order valence-electron chi connectivity index (χ2n) is 6.72. The number of ether oxygens (including phenoxy) is 2. The van der Waals surface area contributed by atoms with Crippen molar-refractivity contribution < 1.29 is 24.2 Å². The number of carbonyl (C=O) groups excluding carboxylic acids is 2. The predicted octanol–water partition coefficient (Wildman–Crippen LogP) is 1.58. The number of nitrogens with zero attached hydrogens (tertiary/aromatic N) is 1. The minimum absolute atomic E-state index is 0.0677. The highest BCUT2D eigenvalue weighted by Gasteiger charge is 2.47. The number of fused-ring (bicyclic) bond motifs is 2. The van der Waals surface area contributed by atoms with Crippen molar-refractivity contribution in [2.75, 3.05) is 13.7 Å². The summed E-state index contributed by atoms with van der Waals surface area (Å²) in [6.07, 6.45) is 4.88. The van der Waals surface area contributed by atoms with Crippen LogP contribution in [0.15, 0.2) is 23.3 Å². The van der Waals surface area contributed by atoms with Gasteiger partial charge in [-0.15, -0.1) is 0 Å². The second-order valence-corrected chi connectivity index (χ2v) is 6.72. The number of esters is 2. The molecule has 2 rings (SSSR count). The Bertz CT molecular complexity index is 554. The molecule has 24 heavy (non-hydrogen) atoms. The molecule has 0 radical (unpaired) electrons. The van der Waals surface area contributed by atoms with E-state index in [1.807, 2.05) is 14.0 Å². The van der Waals surface area contributed by atoms with Crippen molar-refractivity contribution in [2.45, 2.75) is 64.3 Å². The van der Waals surface area contributed by atoms with E-state index in [1.54, 1.807) is 19.9 Å². The molecule has 0 aliphatic carbocycles. The fraction of sp³-hybridized carbons (Fsp3) is 0.667. The van der Waals surface area contributed by atoms with Gasteiger partial charge < -0.3 is 14.6 Å². The Balaban J connectivity index is 1.97. The summed E-state index contributed by atoms with van der Waals surface area (Å²) in [4.78, 5) is 26.1. The Morgan fingerprint density at radius 1 is 1.21 bits per heavy atom. The molecule has 2 saturated heterocycles. The average Bonchev–Trinajstić information content (AvgIpc) is 2.72. The van der Waals surface area contributed by atoms with Crippen molar-refractivity contribution in [3.8, 4) is 0 Å². The minimum Gasteiger partial charge on any atom is -0.459 e. The third-order valence-electron chi connectivity index (χ3n) is 4.98. The number of hydrogen-bond donors (Lipinski definition) is 1. The standard InChI is InChI=1S/C18H27NO5/c1-5-12(3)18(22)24-16-8-13-7-14(9-15(16)19(13)4)23-17(21)6-11(2)10-20/h5-6,13-16,20H,7-10H2,1-4H3/b11-6+,12-5+/t13?,14-,15?,16-/m1/s1. The van der Waals surface area contributed by atoms with Gasteiger partial charge in [0.05, 0.1) is 12.6 Å². The molecule has 2 heterocycles. The maximum Gasteiger partial charge on any atom is 0.333 e. The van der Waals surface area contributed by atoms with Gasteiger partial charge in [0.2, 0.25) is 0 Å². The van der Waals surface area contributed by atoms with E-state index in [-0.39, 0.29) is 36.9 Å². The lowest BCUT2D eigenvalue weighted by molar-refractivity contribution is -0.150. The van der Waals surface area contributed by atoms with E-state index in [9.17, 15) is 9.59 Å². The number of aliphatic hydroxyl groups is 1. The van der Waals surface area contributed by atoms with Gasteiger partial charge in [0.15, 0.2) is 0 Å². The van der Waals surface area contributed by atoms with Gasteiger partial charge in [-0.25, -0.2) is 9.59 Å². The van der Waals surface area contributed by atoms with Crippen LogP contribution in [0.25, 0.3) is 0 Å². The largest absolute Gasteiger partial charge is 0.459 e. The zero-order valence-electron chi connectivity index (χ0n) is 14.8. The molecule has 0 aromatic rings. The van der Waals surface area contributed by atoms with E-state index < -0.39 is 5.97 Å². The zero-order valence-corrected chi connectivity index (χ0v) is 14.8. The van der Waals surface area contributed by atoms with Gasteiger partial charge in [-0.1, -0.05) is 6.08 Å². The van der Waals surface area contributed by atoms with Crippen molar-refractivity contribution in [3.05, 3.63) is 23.3 Å². The first-order chi connectivity index (χ1) is 11.3. The molecule has 0 saturated carbocycles. The first-order valence-corrected chi connectivity index (χ1v) is 8.40. The molecular formula is C18H27NO5. The van der Waals surface area contributed by atoms with E-state index in [2.05, 4.69) is 4.90 Å². The Morgan fingerprint density at radius 2 is 1.92 bits per heavy atom. The molecule has 2 aliphatic heterocycles.